The van der Waals surface area contributed by atoms with Crippen molar-refractivity contribution >= 4 is 19.8 Å². The lowest BCUT2D eigenvalue weighted by Crippen LogP contribution is -2.29. The minimum Gasteiger partial charge on any atom is -0.462 e. The molecule has 0 aromatic heterocycles. The third-order valence-electron chi connectivity index (χ3n) is 4.57. The quantitative estimate of drug-likeness (QED) is 0.126. The number of unbranched alkanes of at least 4 members (excludes halogenated alkanes) is 9. The summed E-state index contributed by atoms with van der Waals surface area (Å²) in [4.78, 5) is 32.7. The Kier molecular flexibility index (Phi) is 18.8. The van der Waals surface area contributed by atoms with E-state index in [-0.39, 0.29) is 13.0 Å². The number of carbonyl (C=O) groups excluding carboxylic acids is 2. The highest BCUT2D eigenvalue weighted by Crippen LogP contribution is 2.43. The Morgan fingerprint density at radius 1 is 0.875 bits per heavy atom. The van der Waals surface area contributed by atoms with Crippen molar-refractivity contribution in [2.45, 2.75) is 96.7 Å². The van der Waals surface area contributed by atoms with E-state index in [1.807, 2.05) is 0 Å². The van der Waals surface area contributed by atoms with Gasteiger partial charge in [-0.1, -0.05) is 64.7 Å². The van der Waals surface area contributed by atoms with Crippen LogP contribution in [-0.2, 0) is 32.7 Å². The predicted molar refractivity (Wildman–Crippen MR) is 118 cm³/mol. The Labute approximate surface area is 191 Å². The van der Waals surface area contributed by atoms with Crippen LogP contribution in [0, 0.1) is 0 Å². The minimum atomic E-state index is -4.55. The van der Waals surface area contributed by atoms with E-state index in [2.05, 4.69) is 11.4 Å². The zero-order chi connectivity index (χ0) is 24.2. The first-order chi connectivity index (χ1) is 15.2. The molecule has 11 heteroatoms. The van der Waals surface area contributed by atoms with Crippen molar-refractivity contribution in [3.05, 3.63) is 0 Å². The zero-order valence-corrected chi connectivity index (χ0v) is 20.3. The number of rotatable bonds is 21. The second-order valence-corrected chi connectivity index (χ2v) is 9.20. The van der Waals surface area contributed by atoms with Crippen LogP contribution in [0.4, 0.5) is 0 Å². The first kappa shape index (κ1) is 31.0. The Morgan fingerprint density at radius 2 is 1.41 bits per heavy atom. The molecule has 0 aromatic carbocycles. The Morgan fingerprint density at radius 3 is 1.94 bits per heavy atom. The van der Waals surface area contributed by atoms with E-state index in [9.17, 15) is 19.0 Å². The number of phosphoric acid groups is 1. The molecule has 0 aliphatic carbocycles. The molecule has 10 nitrogen and oxygen atoms in total. The number of esters is 2. The maximum atomic E-state index is 12.1. The molecule has 190 valence electrons. The van der Waals surface area contributed by atoms with Gasteiger partial charge in [0.1, 0.15) is 12.7 Å². The van der Waals surface area contributed by atoms with Crippen molar-refractivity contribution in [1.82, 2.24) is 0 Å². The predicted octanol–water partition coefficient (Wildman–Crippen LogP) is 3.26. The van der Waals surface area contributed by atoms with Crippen LogP contribution in [0.15, 0.2) is 0 Å². The van der Waals surface area contributed by atoms with E-state index in [0.29, 0.717) is 6.42 Å². The summed E-state index contributed by atoms with van der Waals surface area (Å²) < 4.78 is 31.1. The third-order valence-corrected chi connectivity index (χ3v) is 5.52. The van der Waals surface area contributed by atoms with Crippen LogP contribution in [0.3, 0.4) is 0 Å². The summed E-state index contributed by atoms with van der Waals surface area (Å²) in [6.45, 7) is 1.24. The van der Waals surface area contributed by atoms with Crippen molar-refractivity contribution in [1.29, 1.82) is 0 Å². The minimum absolute atomic E-state index is 0.184. The maximum absolute atomic E-state index is 12.1. The van der Waals surface area contributed by atoms with E-state index < -0.39 is 51.8 Å². The van der Waals surface area contributed by atoms with Crippen LogP contribution in [0.1, 0.15) is 84.5 Å². The van der Waals surface area contributed by atoms with Gasteiger partial charge in [0, 0.05) is 13.3 Å². The van der Waals surface area contributed by atoms with Crippen molar-refractivity contribution in [2.24, 2.45) is 0 Å². The molecule has 0 aliphatic heterocycles. The van der Waals surface area contributed by atoms with Gasteiger partial charge in [-0.2, -0.15) is 0 Å². The zero-order valence-electron chi connectivity index (χ0n) is 19.4. The molecule has 0 rings (SSSR count). The molecule has 0 amide bonds. The number of aliphatic hydroxyl groups is 2. The van der Waals surface area contributed by atoms with Crippen LogP contribution >= 0.6 is 7.82 Å². The van der Waals surface area contributed by atoms with Crippen LogP contribution in [0.25, 0.3) is 0 Å². The molecule has 0 heterocycles. The molecule has 0 aliphatic rings. The van der Waals surface area contributed by atoms with Crippen LogP contribution in [0.5, 0.6) is 0 Å². The van der Waals surface area contributed by atoms with Gasteiger partial charge in [-0.05, 0) is 6.42 Å². The van der Waals surface area contributed by atoms with Gasteiger partial charge in [0.2, 0.25) is 0 Å². The lowest BCUT2D eigenvalue weighted by atomic mass is 10.1. The van der Waals surface area contributed by atoms with Crippen LogP contribution < -0.4 is 0 Å². The van der Waals surface area contributed by atoms with E-state index in [0.717, 1.165) is 19.3 Å². The van der Waals surface area contributed by atoms with Gasteiger partial charge in [0.25, 0.3) is 0 Å². The highest BCUT2D eigenvalue weighted by atomic mass is 31.2. The highest BCUT2D eigenvalue weighted by molar-refractivity contribution is 7.47. The lowest BCUT2D eigenvalue weighted by Gasteiger charge is -2.20. The molecule has 0 radical (unpaired) electrons. The average molecular weight is 485 g/mol. The van der Waals surface area contributed by atoms with Gasteiger partial charge >= 0.3 is 19.8 Å². The van der Waals surface area contributed by atoms with Crippen molar-refractivity contribution in [3.8, 4) is 0 Å². The summed E-state index contributed by atoms with van der Waals surface area (Å²) in [5.41, 5.74) is 0. The first-order valence-corrected chi connectivity index (χ1v) is 12.9. The molecule has 0 spiro atoms. The Bertz CT molecular complexity index is 543. The highest BCUT2D eigenvalue weighted by Gasteiger charge is 2.26. The summed E-state index contributed by atoms with van der Waals surface area (Å²) in [6.07, 6.45) is 9.08. The number of carbonyl (C=O) groups is 2. The number of hydrogen-bond donors (Lipinski definition) is 3. The van der Waals surface area contributed by atoms with Crippen LogP contribution in [0.2, 0.25) is 0 Å². The smallest absolute Gasteiger partial charge is 0.462 e. The molecule has 3 unspecified atom stereocenters. The number of phosphoric ester groups is 1. The molecule has 0 saturated carbocycles. The molecule has 0 aromatic rings. The van der Waals surface area contributed by atoms with Crippen molar-refractivity contribution in [3.63, 3.8) is 0 Å². The number of aliphatic hydroxyl groups excluding tert-OH is 2. The summed E-state index contributed by atoms with van der Waals surface area (Å²) in [5, 5.41) is 17.9. The maximum Gasteiger partial charge on any atom is 0.472 e. The average Bonchev–Trinajstić information content (AvgIpc) is 2.75. The molecule has 0 fully saturated rings. The van der Waals surface area contributed by atoms with Gasteiger partial charge in [0.05, 0.1) is 19.8 Å². The fourth-order valence-electron chi connectivity index (χ4n) is 2.78. The van der Waals surface area contributed by atoms with E-state index in [4.69, 9.17) is 24.2 Å². The van der Waals surface area contributed by atoms with E-state index in [1.165, 1.54) is 45.4 Å². The third kappa shape index (κ3) is 19.6. The number of ether oxygens (including phenoxy) is 2. The van der Waals surface area contributed by atoms with E-state index in [1.54, 1.807) is 0 Å². The second-order valence-electron chi connectivity index (χ2n) is 7.74. The molecular weight excluding hydrogens is 443 g/mol. The molecular formula is C21H41O10P. The van der Waals surface area contributed by atoms with Gasteiger partial charge in [-0.15, -0.1) is 0 Å². The SMILES string of the molecule is CCCCCCCCCCCCC(=O)OC(COC(C)=O)COP(=O)(O)OCC(O)CO. The molecule has 0 bridgehead atoms. The topological polar surface area (TPSA) is 149 Å². The van der Waals surface area contributed by atoms with Gasteiger partial charge in [0.15, 0.2) is 6.10 Å². The second kappa shape index (κ2) is 19.4. The monoisotopic (exact) mass is 484 g/mol. The van der Waals surface area contributed by atoms with E-state index >= 15 is 0 Å². The standard InChI is InChI=1S/C21H41O10P/c1-3-4-5-6-7-8-9-10-11-12-13-21(25)31-20(16-28-18(2)23)17-30-32(26,27)29-15-19(24)14-22/h19-20,22,24H,3-17H2,1-2H3,(H,26,27). The lowest BCUT2D eigenvalue weighted by molar-refractivity contribution is -0.160. The van der Waals surface area contributed by atoms with Gasteiger partial charge in [-0.3, -0.25) is 18.6 Å². The Hall–Kier alpha value is -1.03. The number of hydrogen-bond acceptors (Lipinski definition) is 9. The fraction of sp³-hybridized carbons (Fsp3) is 0.905. The molecule has 32 heavy (non-hydrogen) atoms. The molecule has 0 saturated heterocycles. The molecule has 3 N–H and O–H groups in total. The summed E-state index contributed by atoms with van der Waals surface area (Å²) in [5.74, 6) is -1.12. The van der Waals surface area contributed by atoms with Gasteiger partial charge in [-0.25, -0.2) is 4.57 Å². The largest absolute Gasteiger partial charge is 0.472 e. The fourth-order valence-corrected chi connectivity index (χ4v) is 3.57. The van der Waals surface area contributed by atoms with Crippen molar-refractivity contribution < 1.29 is 47.8 Å². The molecule has 3 atom stereocenters. The first-order valence-electron chi connectivity index (χ1n) is 11.4. The summed E-state index contributed by atoms with van der Waals surface area (Å²) >= 11 is 0. The normalized spacial score (nSPS) is 15.0. The summed E-state index contributed by atoms with van der Waals surface area (Å²) in [7, 11) is -4.55. The Balaban J connectivity index is 4.19. The van der Waals surface area contributed by atoms with Crippen molar-refractivity contribution in [2.75, 3.05) is 26.4 Å². The van der Waals surface area contributed by atoms with Crippen LogP contribution in [-0.4, -0.2) is 65.7 Å². The summed E-state index contributed by atoms with van der Waals surface area (Å²) in [6, 6.07) is 0. The van der Waals surface area contributed by atoms with Gasteiger partial charge < -0.3 is 24.6 Å².